The number of nitrogens with two attached hydrogens (primary N) is 1. The van der Waals surface area contributed by atoms with Crippen LogP contribution < -0.4 is 5.73 Å². The molecule has 100 valence electrons. The minimum absolute atomic E-state index is 0.243. The van der Waals surface area contributed by atoms with Crippen molar-refractivity contribution in [2.45, 2.75) is 13.3 Å². The number of likely N-dealkylation sites (N-methyl/N-ethyl adjacent to an activating group) is 1. The van der Waals surface area contributed by atoms with E-state index in [1.807, 2.05) is 14.1 Å². The molecule has 0 radical (unpaired) electrons. The van der Waals surface area contributed by atoms with E-state index in [0.29, 0.717) is 29.6 Å². The first kappa shape index (κ1) is 16.1. The van der Waals surface area contributed by atoms with Crippen LogP contribution in [-0.2, 0) is 14.9 Å². The smallest absolute Gasteiger partial charge is 0.265 e. The average Bonchev–Trinajstić information content (AvgIpc) is 2.11. The van der Waals surface area contributed by atoms with Gasteiger partial charge in [0, 0.05) is 12.0 Å². The third kappa shape index (κ3) is 8.84. The predicted molar refractivity (Wildman–Crippen MR) is 65.8 cm³/mol. The van der Waals surface area contributed by atoms with Gasteiger partial charge in [-0.2, -0.15) is 8.42 Å². The summed E-state index contributed by atoms with van der Waals surface area (Å²) in [6.45, 7) is 2.81. The van der Waals surface area contributed by atoms with Crippen LogP contribution in [0.2, 0.25) is 0 Å². The van der Waals surface area contributed by atoms with Crippen LogP contribution in [0.1, 0.15) is 13.3 Å². The van der Waals surface area contributed by atoms with Gasteiger partial charge in [-0.05, 0) is 13.0 Å². The number of carbonyl (C=O) groups excluding carboxylic acids is 1. The van der Waals surface area contributed by atoms with Crippen LogP contribution in [0, 0.1) is 0 Å². The van der Waals surface area contributed by atoms with Crippen LogP contribution in [0.25, 0.3) is 0 Å². The van der Waals surface area contributed by atoms with Gasteiger partial charge in [-0.15, -0.1) is 0 Å². The summed E-state index contributed by atoms with van der Waals surface area (Å²) in [4.78, 5) is 10.8. The molecule has 0 aromatic rings. The molecule has 0 fully saturated rings. The lowest BCUT2D eigenvalue weighted by Crippen LogP contribution is -2.41. The molecule has 0 aliphatic heterocycles. The van der Waals surface area contributed by atoms with E-state index < -0.39 is 16.0 Å². The van der Waals surface area contributed by atoms with E-state index in [4.69, 9.17) is 10.3 Å². The van der Waals surface area contributed by atoms with Gasteiger partial charge in [0.05, 0.1) is 32.9 Å². The van der Waals surface area contributed by atoms with Crippen LogP contribution in [0.15, 0.2) is 11.6 Å². The molecule has 7 heteroatoms. The molecular weight excluding hydrogens is 244 g/mol. The van der Waals surface area contributed by atoms with E-state index in [2.05, 4.69) is 0 Å². The summed E-state index contributed by atoms with van der Waals surface area (Å²) in [7, 11) is -0.0678. The summed E-state index contributed by atoms with van der Waals surface area (Å²) in [6.07, 6.45) is 2.10. The highest BCUT2D eigenvalue weighted by atomic mass is 32.2. The van der Waals surface area contributed by atoms with E-state index in [9.17, 15) is 13.2 Å². The molecule has 3 N–H and O–H groups in total. The number of primary amides is 1. The number of quaternary nitrogens is 1. The molecule has 0 aliphatic rings. The maximum absolute atomic E-state index is 10.8. The second-order valence-corrected chi connectivity index (χ2v) is 6.30. The van der Waals surface area contributed by atoms with Gasteiger partial charge in [0.25, 0.3) is 10.1 Å². The molecule has 0 heterocycles. The topological polar surface area (TPSA) is 97.5 Å². The average molecular weight is 265 g/mol. The fourth-order valence-electron chi connectivity index (χ4n) is 1.25. The van der Waals surface area contributed by atoms with Crippen molar-refractivity contribution in [2.24, 2.45) is 5.73 Å². The highest BCUT2D eigenvalue weighted by Gasteiger charge is 2.15. The Morgan fingerprint density at radius 1 is 1.41 bits per heavy atom. The van der Waals surface area contributed by atoms with E-state index in [1.54, 1.807) is 13.0 Å². The van der Waals surface area contributed by atoms with Crippen LogP contribution in [-0.4, -0.2) is 56.3 Å². The molecule has 0 atom stereocenters. The van der Waals surface area contributed by atoms with Crippen LogP contribution in [0.4, 0.5) is 0 Å². The highest BCUT2D eigenvalue weighted by Crippen LogP contribution is 2.03. The van der Waals surface area contributed by atoms with E-state index in [0.717, 1.165) is 0 Å². The monoisotopic (exact) mass is 265 g/mol. The van der Waals surface area contributed by atoms with Gasteiger partial charge in [-0.3, -0.25) is 9.35 Å². The maximum atomic E-state index is 10.8. The molecule has 0 saturated heterocycles. The zero-order valence-corrected chi connectivity index (χ0v) is 11.3. The summed E-state index contributed by atoms with van der Waals surface area (Å²) in [5, 5.41) is 0. The second kappa shape index (κ2) is 6.13. The Morgan fingerprint density at radius 3 is 2.35 bits per heavy atom. The quantitative estimate of drug-likeness (QED) is 0.377. The molecule has 17 heavy (non-hydrogen) atoms. The van der Waals surface area contributed by atoms with Gasteiger partial charge in [0.1, 0.15) is 0 Å². The molecule has 6 nitrogen and oxygen atoms in total. The molecule has 1 amide bonds. The number of rotatable bonds is 7. The zero-order valence-electron chi connectivity index (χ0n) is 10.5. The SMILES string of the molecule is CC(=CC[N+](C)(C)CCCS(=O)(=O)O)C(N)=O. The zero-order chi connectivity index (χ0) is 13.7. The van der Waals surface area contributed by atoms with Gasteiger partial charge in [-0.25, -0.2) is 0 Å². The summed E-state index contributed by atoms with van der Waals surface area (Å²) in [5.41, 5.74) is 5.59. The molecule has 0 spiro atoms. The lowest BCUT2D eigenvalue weighted by atomic mass is 10.2. The van der Waals surface area contributed by atoms with Gasteiger partial charge in [-0.1, -0.05) is 0 Å². The number of nitrogens with zero attached hydrogens (tertiary/aromatic N) is 1. The third-order valence-corrected chi connectivity index (χ3v) is 3.25. The Kier molecular flexibility index (Phi) is 5.80. The Bertz CT molecular complexity index is 399. The Hall–Kier alpha value is -0.920. The number of hydrogen-bond donors (Lipinski definition) is 2. The molecule has 0 bridgehead atoms. The van der Waals surface area contributed by atoms with Crippen LogP contribution in [0.5, 0.6) is 0 Å². The van der Waals surface area contributed by atoms with Crippen LogP contribution in [0.3, 0.4) is 0 Å². The second-order valence-electron chi connectivity index (χ2n) is 4.73. The Morgan fingerprint density at radius 2 is 1.94 bits per heavy atom. The van der Waals surface area contributed by atoms with Gasteiger partial charge < -0.3 is 10.2 Å². The molecule has 0 unspecified atom stereocenters. The van der Waals surface area contributed by atoms with E-state index in [-0.39, 0.29) is 5.75 Å². The Balaban J connectivity index is 4.22. The fraction of sp³-hybridized carbons (Fsp3) is 0.700. The first-order valence-corrected chi connectivity index (χ1v) is 6.88. The largest absolute Gasteiger partial charge is 0.366 e. The lowest BCUT2D eigenvalue weighted by molar-refractivity contribution is -0.884. The molecule has 0 aromatic carbocycles. The van der Waals surface area contributed by atoms with Crippen molar-refractivity contribution in [3.8, 4) is 0 Å². The summed E-state index contributed by atoms with van der Waals surface area (Å²) < 4.78 is 30.2. The minimum Gasteiger partial charge on any atom is -0.366 e. The van der Waals surface area contributed by atoms with Gasteiger partial charge in [0.2, 0.25) is 5.91 Å². The number of amides is 1. The maximum Gasteiger partial charge on any atom is 0.265 e. The Labute approximate surface area is 102 Å². The molecule has 0 aromatic heterocycles. The molecular formula is C10H21N2O4S+. The van der Waals surface area contributed by atoms with Crippen molar-refractivity contribution < 1.29 is 22.2 Å². The van der Waals surface area contributed by atoms with Crippen molar-refractivity contribution >= 4 is 16.0 Å². The number of carbonyl (C=O) groups is 1. The van der Waals surface area contributed by atoms with Crippen molar-refractivity contribution in [3.63, 3.8) is 0 Å². The predicted octanol–water partition coefficient (Wildman–Crippen LogP) is -0.228. The first-order chi connectivity index (χ1) is 7.53. The summed E-state index contributed by atoms with van der Waals surface area (Å²) in [5.74, 6) is -0.698. The fourth-order valence-corrected chi connectivity index (χ4v) is 1.74. The van der Waals surface area contributed by atoms with Gasteiger partial charge >= 0.3 is 0 Å². The highest BCUT2D eigenvalue weighted by molar-refractivity contribution is 7.85. The summed E-state index contributed by atoms with van der Waals surface area (Å²) >= 11 is 0. The third-order valence-electron chi connectivity index (χ3n) is 2.45. The van der Waals surface area contributed by atoms with E-state index in [1.165, 1.54) is 0 Å². The molecule has 0 saturated carbocycles. The van der Waals surface area contributed by atoms with Crippen LogP contribution >= 0.6 is 0 Å². The van der Waals surface area contributed by atoms with Crippen molar-refractivity contribution in [1.29, 1.82) is 0 Å². The lowest BCUT2D eigenvalue weighted by Gasteiger charge is -2.28. The van der Waals surface area contributed by atoms with Crippen molar-refractivity contribution in [2.75, 3.05) is 32.9 Å². The standard InChI is InChI=1S/C10H20N2O4S/c1-9(10(11)13)5-7-12(2,3)6-4-8-17(14,15)16/h5H,4,6-8H2,1-3H3,(H2-,11,13,14,15,16)/p+1. The van der Waals surface area contributed by atoms with Crippen molar-refractivity contribution in [1.82, 2.24) is 0 Å². The summed E-state index contributed by atoms with van der Waals surface area (Å²) in [6, 6.07) is 0. The molecule has 0 rings (SSSR count). The van der Waals surface area contributed by atoms with Crippen molar-refractivity contribution in [3.05, 3.63) is 11.6 Å². The first-order valence-electron chi connectivity index (χ1n) is 5.27. The van der Waals surface area contributed by atoms with Gasteiger partial charge in [0.15, 0.2) is 0 Å². The number of hydrogen-bond acceptors (Lipinski definition) is 3. The minimum atomic E-state index is -3.89. The molecule has 0 aliphatic carbocycles. The van der Waals surface area contributed by atoms with E-state index >= 15 is 0 Å². The normalized spacial score (nSPS) is 13.8.